The van der Waals surface area contributed by atoms with Crippen LogP contribution >= 0.6 is 23.4 Å². The van der Waals surface area contributed by atoms with Crippen LogP contribution in [0.15, 0.2) is 53.7 Å². The van der Waals surface area contributed by atoms with E-state index in [4.69, 9.17) is 21.1 Å². The van der Waals surface area contributed by atoms with E-state index in [1.54, 1.807) is 23.9 Å². The molecule has 0 saturated heterocycles. The summed E-state index contributed by atoms with van der Waals surface area (Å²) < 4.78 is 12.5. The Hall–Kier alpha value is -2.25. The van der Waals surface area contributed by atoms with Gasteiger partial charge in [-0.1, -0.05) is 23.4 Å². The molecule has 0 saturated carbocycles. The highest BCUT2D eigenvalue weighted by atomic mass is 35.5. The van der Waals surface area contributed by atoms with Gasteiger partial charge in [0.1, 0.15) is 11.5 Å². The maximum atomic E-state index is 5.84. The van der Waals surface area contributed by atoms with Gasteiger partial charge in [0.05, 0.1) is 19.4 Å². The van der Waals surface area contributed by atoms with Crippen molar-refractivity contribution >= 4 is 23.4 Å². The van der Waals surface area contributed by atoms with E-state index in [2.05, 4.69) is 15.5 Å². The van der Waals surface area contributed by atoms with Gasteiger partial charge in [0.2, 0.25) is 5.16 Å². The number of rotatable bonds is 7. The summed E-state index contributed by atoms with van der Waals surface area (Å²) in [6.45, 7) is 0.543. The molecular formula is C16H15ClN4O2S. The van der Waals surface area contributed by atoms with Crippen molar-refractivity contribution in [2.75, 3.05) is 19.5 Å². The van der Waals surface area contributed by atoms with Crippen LogP contribution in [-0.4, -0.2) is 39.7 Å². The van der Waals surface area contributed by atoms with E-state index < -0.39 is 0 Å². The van der Waals surface area contributed by atoms with Crippen LogP contribution in [0.4, 0.5) is 0 Å². The lowest BCUT2D eigenvalue weighted by Crippen LogP contribution is -2.03. The van der Waals surface area contributed by atoms with Crippen molar-refractivity contribution in [3.05, 3.63) is 53.6 Å². The first-order valence-corrected chi connectivity index (χ1v) is 8.56. The Labute approximate surface area is 148 Å². The van der Waals surface area contributed by atoms with Crippen molar-refractivity contribution in [2.45, 2.75) is 5.16 Å². The van der Waals surface area contributed by atoms with E-state index in [9.17, 15) is 0 Å². The molecule has 0 N–H and O–H groups in total. The largest absolute Gasteiger partial charge is 0.497 e. The summed E-state index contributed by atoms with van der Waals surface area (Å²) in [6, 6.07) is 14.8. The Morgan fingerprint density at radius 2 is 1.75 bits per heavy atom. The Kier molecular flexibility index (Phi) is 5.55. The lowest BCUT2D eigenvalue weighted by Gasteiger charge is -2.07. The summed E-state index contributed by atoms with van der Waals surface area (Å²) >= 11 is 7.37. The van der Waals surface area contributed by atoms with Crippen molar-refractivity contribution in [1.29, 1.82) is 0 Å². The van der Waals surface area contributed by atoms with Crippen molar-refractivity contribution in [2.24, 2.45) is 0 Å². The minimum atomic E-state index is 0.543. The van der Waals surface area contributed by atoms with Crippen LogP contribution in [0.1, 0.15) is 0 Å². The predicted octanol–water partition coefficient (Wildman–Crippen LogP) is 3.50. The Balaban J connectivity index is 1.56. The van der Waals surface area contributed by atoms with E-state index in [-0.39, 0.29) is 0 Å². The molecule has 6 nitrogen and oxygen atoms in total. The van der Waals surface area contributed by atoms with E-state index in [1.807, 2.05) is 36.4 Å². The zero-order valence-corrected chi connectivity index (χ0v) is 14.5. The molecule has 0 bridgehead atoms. The van der Waals surface area contributed by atoms with Crippen molar-refractivity contribution in [1.82, 2.24) is 20.2 Å². The molecule has 0 aliphatic rings. The molecule has 0 amide bonds. The molecular weight excluding hydrogens is 348 g/mol. The third-order valence-corrected chi connectivity index (χ3v) is 4.29. The van der Waals surface area contributed by atoms with E-state index in [1.165, 1.54) is 11.8 Å². The molecule has 0 unspecified atom stereocenters. The summed E-state index contributed by atoms with van der Waals surface area (Å²) in [5.41, 5.74) is 0.877. The van der Waals surface area contributed by atoms with Crippen LogP contribution in [0.5, 0.6) is 11.5 Å². The molecule has 2 aromatic carbocycles. The summed E-state index contributed by atoms with van der Waals surface area (Å²) in [4.78, 5) is 0. The standard InChI is InChI=1S/C16H15ClN4O2S/c1-22-14-8-4-13(5-9-14)21-16(18-19-20-21)24-11-10-23-15-6-2-12(17)3-7-15/h2-9H,10-11H2,1H3. The number of hydrogen-bond acceptors (Lipinski definition) is 6. The van der Waals surface area contributed by atoms with Gasteiger partial charge >= 0.3 is 0 Å². The molecule has 3 aromatic rings. The second kappa shape index (κ2) is 8.03. The summed E-state index contributed by atoms with van der Waals surface area (Å²) in [6.07, 6.45) is 0. The molecule has 0 aliphatic carbocycles. The van der Waals surface area contributed by atoms with Crippen LogP contribution in [0.2, 0.25) is 5.02 Å². The second-order valence-corrected chi connectivity index (χ2v) is 6.22. The Morgan fingerprint density at radius 1 is 1.04 bits per heavy atom. The van der Waals surface area contributed by atoms with Gasteiger partial charge in [-0.25, -0.2) is 0 Å². The Morgan fingerprint density at radius 3 is 2.46 bits per heavy atom. The van der Waals surface area contributed by atoms with Crippen LogP contribution in [0, 0.1) is 0 Å². The number of tetrazole rings is 1. The SMILES string of the molecule is COc1ccc(-n2nnnc2SCCOc2ccc(Cl)cc2)cc1. The number of nitrogens with zero attached hydrogens (tertiary/aromatic N) is 4. The molecule has 8 heteroatoms. The summed E-state index contributed by atoms with van der Waals surface area (Å²) in [5, 5.41) is 13.2. The minimum absolute atomic E-state index is 0.543. The number of hydrogen-bond donors (Lipinski definition) is 0. The highest BCUT2D eigenvalue weighted by Gasteiger charge is 2.09. The number of halogens is 1. The first kappa shape index (κ1) is 16.6. The van der Waals surface area contributed by atoms with Gasteiger partial charge in [-0.3, -0.25) is 0 Å². The molecule has 1 aromatic heterocycles. The fourth-order valence-electron chi connectivity index (χ4n) is 1.98. The maximum Gasteiger partial charge on any atom is 0.214 e. The number of thioether (sulfide) groups is 1. The summed E-state index contributed by atoms with van der Waals surface area (Å²) in [7, 11) is 1.63. The number of aromatic nitrogens is 4. The molecule has 0 radical (unpaired) electrons. The van der Waals surface area contributed by atoms with Gasteiger partial charge in [-0.2, -0.15) is 4.68 Å². The van der Waals surface area contributed by atoms with E-state index in [0.29, 0.717) is 16.8 Å². The molecule has 124 valence electrons. The lowest BCUT2D eigenvalue weighted by atomic mass is 10.3. The topological polar surface area (TPSA) is 62.1 Å². The quantitative estimate of drug-likeness (QED) is 0.473. The maximum absolute atomic E-state index is 5.84. The average molecular weight is 363 g/mol. The highest BCUT2D eigenvalue weighted by Crippen LogP contribution is 2.21. The summed E-state index contributed by atoms with van der Waals surface area (Å²) in [5.74, 6) is 2.30. The minimum Gasteiger partial charge on any atom is -0.497 e. The van der Waals surface area contributed by atoms with Gasteiger partial charge in [-0.05, 0) is 59.0 Å². The first-order chi connectivity index (χ1) is 11.8. The molecule has 0 atom stereocenters. The van der Waals surface area contributed by atoms with Crippen LogP contribution < -0.4 is 9.47 Å². The third-order valence-electron chi connectivity index (χ3n) is 3.15. The van der Waals surface area contributed by atoms with Crippen LogP contribution in [-0.2, 0) is 0 Å². The fraction of sp³-hybridized carbons (Fsp3) is 0.188. The van der Waals surface area contributed by atoms with Gasteiger partial charge in [0.25, 0.3) is 0 Å². The third kappa shape index (κ3) is 4.18. The van der Waals surface area contributed by atoms with Gasteiger partial charge in [0, 0.05) is 10.8 Å². The molecule has 24 heavy (non-hydrogen) atoms. The number of methoxy groups -OCH3 is 1. The molecule has 1 heterocycles. The zero-order chi connectivity index (χ0) is 16.8. The number of benzene rings is 2. The Bertz CT molecular complexity index is 778. The van der Waals surface area contributed by atoms with Crippen molar-refractivity contribution < 1.29 is 9.47 Å². The monoisotopic (exact) mass is 362 g/mol. The molecule has 0 fully saturated rings. The van der Waals surface area contributed by atoms with Crippen molar-refractivity contribution in [3.63, 3.8) is 0 Å². The second-order valence-electron chi connectivity index (χ2n) is 4.72. The lowest BCUT2D eigenvalue weighted by molar-refractivity contribution is 0.344. The zero-order valence-electron chi connectivity index (χ0n) is 12.9. The molecule has 0 spiro atoms. The fourth-order valence-corrected chi connectivity index (χ4v) is 2.81. The highest BCUT2D eigenvalue weighted by molar-refractivity contribution is 7.99. The van der Waals surface area contributed by atoms with Crippen LogP contribution in [0.25, 0.3) is 5.69 Å². The predicted molar refractivity (Wildman–Crippen MR) is 93.4 cm³/mol. The molecule has 3 rings (SSSR count). The number of ether oxygens (including phenoxy) is 2. The average Bonchev–Trinajstić information content (AvgIpc) is 3.09. The normalized spacial score (nSPS) is 10.6. The smallest absolute Gasteiger partial charge is 0.214 e. The van der Waals surface area contributed by atoms with Gasteiger partial charge < -0.3 is 9.47 Å². The molecule has 0 aliphatic heterocycles. The van der Waals surface area contributed by atoms with E-state index in [0.717, 1.165) is 22.9 Å². The van der Waals surface area contributed by atoms with Crippen LogP contribution in [0.3, 0.4) is 0 Å². The van der Waals surface area contributed by atoms with Gasteiger partial charge in [0.15, 0.2) is 0 Å². The van der Waals surface area contributed by atoms with E-state index >= 15 is 0 Å². The van der Waals surface area contributed by atoms with Gasteiger partial charge in [-0.15, -0.1) is 5.10 Å². The first-order valence-electron chi connectivity index (χ1n) is 7.20. The van der Waals surface area contributed by atoms with Crippen molar-refractivity contribution in [3.8, 4) is 17.2 Å².